The van der Waals surface area contributed by atoms with E-state index in [1.807, 2.05) is 0 Å². The van der Waals surface area contributed by atoms with Crippen LogP contribution in [0.2, 0.25) is 0 Å². The van der Waals surface area contributed by atoms with Crippen molar-refractivity contribution in [1.82, 2.24) is 9.88 Å². The lowest BCUT2D eigenvalue weighted by Crippen LogP contribution is -2.41. The van der Waals surface area contributed by atoms with E-state index in [0.29, 0.717) is 12.5 Å². The zero-order chi connectivity index (χ0) is 15.2. The van der Waals surface area contributed by atoms with Gasteiger partial charge in [0.25, 0.3) is 5.91 Å². The Labute approximate surface area is 123 Å². The standard InChI is InChI=1S/C13H19N3O4S/c1-16-7-9(21(14,18)19)6-11(16)13(17)15-10-4-5-20-12(10)8-2-3-8/h6-8,10,12H,2-5H2,1H3,(H,15,17)(H2,14,18,19). The zero-order valence-corrected chi connectivity index (χ0v) is 12.6. The molecule has 3 rings (SSSR count). The third-order valence-corrected chi connectivity index (χ3v) is 4.96. The second kappa shape index (κ2) is 5.11. The van der Waals surface area contributed by atoms with Crippen LogP contribution in [0.4, 0.5) is 0 Å². The molecule has 1 aromatic heterocycles. The molecule has 8 heteroatoms. The summed E-state index contributed by atoms with van der Waals surface area (Å²) in [6, 6.07) is 1.30. The van der Waals surface area contributed by atoms with Gasteiger partial charge in [0, 0.05) is 19.9 Å². The van der Waals surface area contributed by atoms with E-state index in [1.54, 1.807) is 7.05 Å². The summed E-state index contributed by atoms with van der Waals surface area (Å²) in [5.74, 6) is 0.250. The van der Waals surface area contributed by atoms with Gasteiger partial charge in [-0.25, -0.2) is 13.6 Å². The number of amides is 1. The molecule has 2 unspecified atom stereocenters. The molecule has 2 atom stereocenters. The first kappa shape index (κ1) is 14.6. The second-order valence-corrected chi connectivity index (χ2v) is 7.32. The Kier molecular flexibility index (Phi) is 3.54. The summed E-state index contributed by atoms with van der Waals surface area (Å²) in [5, 5.41) is 8.03. The molecule has 1 aliphatic heterocycles. The molecule has 1 saturated heterocycles. The summed E-state index contributed by atoms with van der Waals surface area (Å²) in [6.07, 6.45) is 4.52. The lowest BCUT2D eigenvalue weighted by atomic mass is 10.1. The number of aromatic nitrogens is 1. The molecule has 1 aliphatic carbocycles. The Bertz CT molecular complexity index is 663. The van der Waals surface area contributed by atoms with Gasteiger partial charge in [0.2, 0.25) is 10.0 Å². The Morgan fingerprint density at radius 2 is 2.14 bits per heavy atom. The molecule has 116 valence electrons. The number of nitrogens with one attached hydrogen (secondary N) is 1. The normalized spacial score (nSPS) is 26.0. The number of rotatable bonds is 4. The quantitative estimate of drug-likeness (QED) is 0.814. The van der Waals surface area contributed by atoms with Gasteiger partial charge in [-0.3, -0.25) is 4.79 Å². The van der Waals surface area contributed by atoms with Crippen molar-refractivity contribution in [2.24, 2.45) is 18.1 Å². The molecule has 1 saturated carbocycles. The number of nitrogens with two attached hydrogens (primary N) is 1. The van der Waals surface area contributed by atoms with Gasteiger partial charge in [0.15, 0.2) is 0 Å². The van der Waals surface area contributed by atoms with Gasteiger partial charge in [-0.05, 0) is 31.2 Å². The molecule has 0 bridgehead atoms. The molecule has 1 amide bonds. The van der Waals surface area contributed by atoms with Crippen molar-refractivity contribution in [2.45, 2.75) is 36.3 Å². The minimum absolute atomic E-state index is 0.00201. The monoisotopic (exact) mass is 313 g/mol. The Morgan fingerprint density at radius 3 is 2.71 bits per heavy atom. The molecule has 0 radical (unpaired) electrons. The maximum atomic E-state index is 12.3. The maximum absolute atomic E-state index is 12.3. The smallest absolute Gasteiger partial charge is 0.268 e. The molecule has 2 fully saturated rings. The van der Waals surface area contributed by atoms with Crippen molar-refractivity contribution in [3.8, 4) is 0 Å². The van der Waals surface area contributed by atoms with Gasteiger partial charge < -0.3 is 14.6 Å². The molecule has 2 aliphatic rings. The van der Waals surface area contributed by atoms with E-state index in [1.165, 1.54) is 16.8 Å². The topological polar surface area (TPSA) is 103 Å². The SMILES string of the molecule is Cn1cc(S(N)(=O)=O)cc1C(=O)NC1CCOC1C1CC1. The third-order valence-electron chi connectivity index (χ3n) is 4.08. The van der Waals surface area contributed by atoms with Crippen LogP contribution in [0.1, 0.15) is 29.8 Å². The number of sulfonamides is 1. The first-order chi connectivity index (χ1) is 9.86. The molecule has 1 aromatic rings. The van der Waals surface area contributed by atoms with Crippen LogP contribution in [-0.4, -0.2) is 37.6 Å². The number of hydrogen-bond acceptors (Lipinski definition) is 4. The van der Waals surface area contributed by atoms with Crippen LogP contribution >= 0.6 is 0 Å². The van der Waals surface area contributed by atoms with E-state index in [4.69, 9.17) is 9.88 Å². The molecule has 7 nitrogen and oxygen atoms in total. The van der Waals surface area contributed by atoms with Crippen LogP contribution in [0.3, 0.4) is 0 Å². The highest BCUT2D eigenvalue weighted by atomic mass is 32.2. The lowest BCUT2D eigenvalue weighted by molar-refractivity contribution is 0.0726. The van der Waals surface area contributed by atoms with Gasteiger partial charge in [0.1, 0.15) is 10.6 Å². The van der Waals surface area contributed by atoms with E-state index in [2.05, 4.69) is 5.32 Å². The van der Waals surface area contributed by atoms with Crippen LogP contribution in [0.25, 0.3) is 0 Å². The predicted octanol–water partition coefficient (Wildman–Crippen LogP) is -0.0302. The highest BCUT2D eigenvalue weighted by Gasteiger charge is 2.41. The fraction of sp³-hybridized carbons (Fsp3) is 0.615. The van der Waals surface area contributed by atoms with Crippen molar-refractivity contribution < 1.29 is 17.9 Å². The van der Waals surface area contributed by atoms with Gasteiger partial charge in [0.05, 0.1) is 12.1 Å². The Balaban J connectivity index is 1.75. The van der Waals surface area contributed by atoms with E-state index in [9.17, 15) is 13.2 Å². The summed E-state index contributed by atoms with van der Waals surface area (Å²) in [7, 11) is -2.19. The average molecular weight is 313 g/mol. The van der Waals surface area contributed by atoms with Gasteiger partial charge >= 0.3 is 0 Å². The molecule has 21 heavy (non-hydrogen) atoms. The Hall–Kier alpha value is -1.38. The van der Waals surface area contributed by atoms with Gasteiger partial charge in [-0.2, -0.15) is 0 Å². The lowest BCUT2D eigenvalue weighted by Gasteiger charge is -2.19. The van der Waals surface area contributed by atoms with Crippen LogP contribution in [0.5, 0.6) is 0 Å². The second-order valence-electron chi connectivity index (χ2n) is 5.76. The van der Waals surface area contributed by atoms with Crippen LogP contribution in [-0.2, 0) is 21.8 Å². The summed E-state index contributed by atoms with van der Waals surface area (Å²) in [5.41, 5.74) is 0.278. The van der Waals surface area contributed by atoms with Crippen LogP contribution in [0.15, 0.2) is 17.2 Å². The summed E-state index contributed by atoms with van der Waals surface area (Å²) >= 11 is 0. The van der Waals surface area contributed by atoms with Crippen molar-refractivity contribution in [3.05, 3.63) is 18.0 Å². The largest absolute Gasteiger partial charge is 0.376 e. The summed E-state index contributed by atoms with van der Waals surface area (Å²) < 4.78 is 29.8. The number of nitrogens with zero attached hydrogens (tertiary/aromatic N) is 1. The van der Waals surface area contributed by atoms with E-state index < -0.39 is 10.0 Å². The molecule has 0 spiro atoms. The van der Waals surface area contributed by atoms with Crippen molar-refractivity contribution >= 4 is 15.9 Å². The van der Waals surface area contributed by atoms with Crippen molar-refractivity contribution in [1.29, 1.82) is 0 Å². The zero-order valence-electron chi connectivity index (χ0n) is 11.8. The minimum Gasteiger partial charge on any atom is -0.376 e. The molecule has 0 aromatic carbocycles. The van der Waals surface area contributed by atoms with Gasteiger partial charge in [-0.1, -0.05) is 0 Å². The molecule has 3 N–H and O–H groups in total. The molecule has 2 heterocycles. The van der Waals surface area contributed by atoms with Crippen LogP contribution < -0.4 is 10.5 Å². The first-order valence-corrected chi connectivity index (χ1v) is 8.52. The number of carbonyl (C=O) groups is 1. The number of primary sulfonamides is 1. The maximum Gasteiger partial charge on any atom is 0.268 e. The summed E-state index contributed by atoms with van der Waals surface area (Å²) in [6.45, 7) is 0.654. The van der Waals surface area contributed by atoms with Crippen molar-refractivity contribution in [3.63, 3.8) is 0 Å². The third kappa shape index (κ3) is 2.97. The Morgan fingerprint density at radius 1 is 1.43 bits per heavy atom. The van der Waals surface area contributed by atoms with Crippen molar-refractivity contribution in [2.75, 3.05) is 6.61 Å². The highest BCUT2D eigenvalue weighted by Crippen LogP contribution is 2.38. The van der Waals surface area contributed by atoms with Crippen LogP contribution in [0, 0.1) is 5.92 Å². The fourth-order valence-corrected chi connectivity index (χ4v) is 3.39. The fourth-order valence-electron chi connectivity index (χ4n) is 2.81. The minimum atomic E-state index is -3.80. The predicted molar refractivity (Wildman–Crippen MR) is 75.1 cm³/mol. The number of ether oxygens (including phenoxy) is 1. The van der Waals surface area contributed by atoms with E-state index in [0.717, 1.165) is 19.3 Å². The number of carbonyl (C=O) groups excluding carboxylic acids is 1. The first-order valence-electron chi connectivity index (χ1n) is 6.98. The number of hydrogen-bond donors (Lipinski definition) is 2. The highest BCUT2D eigenvalue weighted by molar-refractivity contribution is 7.89. The van der Waals surface area contributed by atoms with Gasteiger partial charge in [-0.15, -0.1) is 0 Å². The van der Waals surface area contributed by atoms with E-state index >= 15 is 0 Å². The van der Waals surface area contributed by atoms with E-state index in [-0.39, 0.29) is 28.6 Å². The average Bonchev–Trinajstić information content (AvgIpc) is 2.99. The molecular weight excluding hydrogens is 294 g/mol. The molecular formula is C13H19N3O4S. The summed E-state index contributed by atoms with van der Waals surface area (Å²) in [4.78, 5) is 12.3. The number of aryl methyl sites for hydroxylation is 1.